The Bertz CT molecular complexity index is 965. The molecule has 0 fully saturated rings. The van der Waals surface area contributed by atoms with E-state index in [1.807, 2.05) is 6.07 Å². The molecule has 26 heavy (non-hydrogen) atoms. The van der Waals surface area contributed by atoms with Crippen molar-refractivity contribution in [1.82, 2.24) is 4.98 Å². The van der Waals surface area contributed by atoms with E-state index in [9.17, 15) is 14.9 Å². The zero-order valence-corrected chi connectivity index (χ0v) is 14.4. The van der Waals surface area contributed by atoms with Gasteiger partial charge < -0.3 is 13.9 Å². The van der Waals surface area contributed by atoms with Gasteiger partial charge in [-0.25, -0.2) is 4.98 Å². The summed E-state index contributed by atoms with van der Waals surface area (Å²) in [6, 6.07) is 6.99. The highest BCUT2D eigenvalue weighted by Gasteiger charge is 2.27. The third kappa shape index (κ3) is 3.30. The number of nitro groups is 1. The van der Waals surface area contributed by atoms with E-state index in [4.69, 9.17) is 13.9 Å². The van der Waals surface area contributed by atoms with Gasteiger partial charge in [0.05, 0.1) is 26.1 Å². The van der Waals surface area contributed by atoms with Gasteiger partial charge in [-0.2, -0.15) is 0 Å². The summed E-state index contributed by atoms with van der Waals surface area (Å²) in [5.74, 6) is -0.634. The summed E-state index contributed by atoms with van der Waals surface area (Å²) >= 11 is 0. The highest BCUT2D eigenvalue weighted by Crippen LogP contribution is 2.39. The van der Waals surface area contributed by atoms with Crippen molar-refractivity contribution in [2.45, 2.75) is 19.3 Å². The highest BCUT2D eigenvalue weighted by molar-refractivity contribution is 6.07. The van der Waals surface area contributed by atoms with Gasteiger partial charge in [0, 0.05) is 21.9 Å². The molecule has 8 heteroatoms. The number of hydrogen-bond donors (Lipinski definition) is 0. The molecule has 0 N–H and O–H groups in total. The molecule has 1 aromatic carbocycles. The smallest absolute Gasteiger partial charge is 0.306 e. The van der Waals surface area contributed by atoms with Gasteiger partial charge in [-0.05, 0) is 30.7 Å². The standard InChI is InChI=1S/C18H18N2O6/c1-3-25-15(21)9-11(10-20(22)23)12-6-7-14(24-2)17-16(12)13-5-4-8-19-18(13)26-17/h4-8,11H,3,9-10H2,1-2H3. The summed E-state index contributed by atoms with van der Waals surface area (Å²) in [6.45, 7) is 1.52. The first kappa shape index (κ1) is 17.7. The van der Waals surface area contributed by atoms with Crippen LogP contribution in [0.4, 0.5) is 0 Å². The van der Waals surface area contributed by atoms with Crippen LogP contribution in [0, 0.1) is 10.1 Å². The zero-order chi connectivity index (χ0) is 18.7. The molecular weight excluding hydrogens is 340 g/mol. The third-order valence-corrected chi connectivity index (χ3v) is 4.14. The molecule has 2 heterocycles. The molecule has 0 saturated heterocycles. The van der Waals surface area contributed by atoms with Crippen molar-refractivity contribution in [3.05, 3.63) is 46.1 Å². The Balaban J connectivity index is 2.20. The van der Waals surface area contributed by atoms with Gasteiger partial charge in [-0.1, -0.05) is 6.07 Å². The maximum atomic E-state index is 12.0. The molecule has 0 radical (unpaired) electrons. The molecule has 2 aromatic heterocycles. The monoisotopic (exact) mass is 358 g/mol. The van der Waals surface area contributed by atoms with Crippen molar-refractivity contribution in [3.8, 4) is 5.75 Å². The first-order valence-corrected chi connectivity index (χ1v) is 8.16. The van der Waals surface area contributed by atoms with Crippen molar-refractivity contribution in [3.63, 3.8) is 0 Å². The second kappa shape index (κ2) is 7.38. The number of benzene rings is 1. The maximum absolute atomic E-state index is 12.0. The molecular formula is C18H18N2O6. The lowest BCUT2D eigenvalue weighted by Crippen LogP contribution is -2.18. The van der Waals surface area contributed by atoms with Crippen LogP contribution >= 0.6 is 0 Å². The number of furan rings is 1. The van der Waals surface area contributed by atoms with Gasteiger partial charge >= 0.3 is 5.97 Å². The molecule has 3 aromatic rings. The van der Waals surface area contributed by atoms with Crippen LogP contribution < -0.4 is 4.74 Å². The normalized spacial score (nSPS) is 12.2. The van der Waals surface area contributed by atoms with Crippen molar-refractivity contribution in [2.24, 2.45) is 0 Å². The minimum atomic E-state index is -0.654. The highest BCUT2D eigenvalue weighted by atomic mass is 16.6. The Kier molecular flexibility index (Phi) is 5.01. The number of fused-ring (bicyclic) bond motifs is 3. The Morgan fingerprint density at radius 1 is 1.38 bits per heavy atom. The lowest BCUT2D eigenvalue weighted by Gasteiger charge is -2.14. The Morgan fingerprint density at radius 3 is 2.88 bits per heavy atom. The van der Waals surface area contributed by atoms with Crippen LogP contribution in [0.1, 0.15) is 24.8 Å². The van der Waals surface area contributed by atoms with E-state index in [1.54, 1.807) is 31.3 Å². The lowest BCUT2D eigenvalue weighted by atomic mass is 9.91. The molecule has 8 nitrogen and oxygen atoms in total. The Labute approximate surface area is 148 Å². The van der Waals surface area contributed by atoms with E-state index >= 15 is 0 Å². The third-order valence-electron chi connectivity index (χ3n) is 4.14. The lowest BCUT2D eigenvalue weighted by molar-refractivity contribution is -0.483. The minimum Gasteiger partial charge on any atom is -0.493 e. The molecule has 1 atom stereocenters. The number of pyridine rings is 1. The number of esters is 1. The average Bonchev–Trinajstić information content (AvgIpc) is 3.00. The molecule has 3 rings (SSSR count). The zero-order valence-electron chi connectivity index (χ0n) is 14.4. The average molecular weight is 358 g/mol. The van der Waals surface area contributed by atoms with Crippen LogP contribution in [0.5, 0.6) is 5.75 Å². The molecule has 0 bridgehead atoms. The van der Waals surface area contributed by atoms with E-state index in [0.29, 0.717) is 33.4 Å². The number of hydrogen-bond acceptors (Lipinski definition) is 7. The van der Waals surface area contributed by atoms with Gasteiger partial charge in [-0.3, -0.25) is 14.9 Å². The van der Waals surface area contributed by atoms with Crippen LogP contribution in [0.2, 0.25) is 0 Å². The minimum absolute atomic E-state index is 0.0941. The summed E-state index contributed by atoms with van der Waals surface area (Å²) in [5, 5.41) is 12.6. The van der Waals surface area contributed by atoms with Crippen molar-refractivity contribution in [2.75, 3.05) is 20.3 Å². The van der Waals surface area contributed by atoms with Crippen LogP contribution in [0.25, 0.3) is 22.1 Å². The van der Waals surface area contributed by atoms with Crippen LogP contribution in [0.3, 0.4) is 0 Å². The fraction of sp³-hybridized carbons (Fsp3) is 0.333. The van der Waals surface area contributed by atoms with Gasteiger partial charge in [0.2, 0.25) is 12.3 Å². The van der Waals surface area contributed by atoms with E-state index in [2.05, 4.69) is 4.98 Å². The fourth-order valence-corrected chi connectivity index (χ4v) is 3.09. The molecule has 0 amide bonds. The Hall–Kier alpha value is -3.16. The first-order valence-electron chi connectivity index (χ1n) is 8.16. The topological polar surface area (TPSA) is 105 Å². The summed E-state index contributed by atoms with van der Waals surface area (Å²) < 4.78 is 16.1. The molecule has 0 saturated carbocycles. The number of carbonyl (C=O) groups is 1. The number of methoxy groups -OCH3 is 1. The number of carbonyl (C=O) groups excluding carboxylic acids is 1. The summed E-state index contributed by atoms with van der Waals surface area (Å²) in [5.41, 5.74) is 1.50. The Morgan fingerprint density at radius 2 is 2.19 bits per heavy atom. The first-order chi connectivity index (χ1) is 12.5. The van der Waals surface area contributed by atoms with E-state index in [1.165, 1.54) is 7.11 Å². The van der Waals surface area contributed by atoms with E-state index in [0.717, 1.165) is 0 Å². The fourth-order valence-electron chi connectivity index (χ4n) is 3.09. The number of aromatic nitrogens is 1. The quantitative estimate of drug-likeness (QED) is 0.362. The second-order valence-electron chi connectivity index (χ2n) is 5.74. The molecule has 1 unspecified atom stereocenters. The van der Waals surface area contributed by atoms with Crippen molar-refractivity contribution < 1.29 is 23.6 Å². The molecule has 0 spiro atoms. The number of nitrogens with zero attached hydrogens (tertiary/aromatic N) is 2. The van der Waals surface area contributed by atoms with Crippen LogP contribution in [0.15, 0.2) is 34.9 Å². The van der Waals surface area contributed by atoms with Gasteiger partial charge in [0.25, 0.3) is 0 Å². The van der Waals surface area contributed by atoms with Gasteiger partial charge in [0.15, 0.2) is 11.3 Å². The molecule has 136 valence electrons. The maximum Gasteiger partial charge on any atom is 0.306 e. The van der Waals surface area contributed by atoms with Gasteiger partial charge in [-0.15, -0.1) is 0 Å². The molecule has 0 aliphatic carbocycles. The molecule has 0 aliphatic rings. The predicted octanol–water partition coefficient (Wildman–Crippen LogP) is 3.30. The summed E-state index contributed by atoms with van der Waals surface area (Å²) in [6.07, 6.45) is 1.51. The van der Waals surface area contributed by atoms with E-state index < -0.39 is 23.4 Å². The SMILES string of the molecule is CCOC(=O)CC(C[N+](=O)[O-])c1ccc(OC)c2oc3ncccc3c12. The molecule has 0 aliphatic heterocycles. The number of ether oxygens (including phenoxy) is 2. The largest absolute Gasteiger partial charge is 0.493 e. The number of rotatable bonds is 7. The second-order valence-corrected chi connectivity index (χ2v) is 5.74. The van der Waals surface area contributed by atoms with Crippen molar-refractivity contribution in [1.29, 1.82) is 0 Å². The van der Waals surface area contributed by atoms with E-state index in [-0.39, 0.29) is 13.0 Å². The summed E-state index contributed by atoms with van der Waals surface area (Å²) in [4.78, 5) is 26.9. The van der Waals surface area contributed by atoms with Crippen LogP contribution in [-0.2, 0) is 9.53 Å². The summed E-state index contributed by atoms with van der Waals surface area (Å²) in [7, 11) is 1.52. The van der Waals surface area contributed by atoms with Gasteiger partial charge in [0.1, 0.15) is 0 Å². The van der Waals surface area contributed by atoms with Crippen molar-refractivity contribution >= 4 is 28.0 Å². The predicted molar refractivity (Wildman–Crippen MR) is 93.9 cm³/mol. The van der Waals surface area contributed by atoms with Crippen LogP contribution in [-0.4, -0.2) is 36.1 Å².